The Hall–Kier alpha value is -3.55. The van der Waals surface area contributed by atoms with Gasteiger partial charge in [0.25, 0.3) is 11.8 Å². The van der Waals surface area contributed by atoms with E-state index in [-0.39, 0.29) is 18.4 Å². The molecule has 0 aliphatic carbocycles. The molecule has 208 valence electrons. The molecule has 9 nitrogen and oxygen atoms in total. The summed E-state index contributed by atoms with van der Waals surface area (Å²) in [6, 6.07) is 20.1. The number of rotatable bonds is 11. The highest BCUT2D eigenvalue weighted by Gasteiger charge is 2.33. The van der Waals surface area contributed by atoms with E-state index in [9.17, 15) is 9.59 Å². The Morgan fingerprint density at radius 3 is 2.48 bits per heavy atom. The van der Waals surface area contributed by atoms with Gasteiger partial charge in [-0.25, -0.2) is 4.99 Å². The van der Waals surface area contributed by atoms with Crippen LogP contribution >= 0.6 is 34.4 Å². The van der Waals surface area contributed by atoms with E-state index in [1.165, 1.54) is 18.9 Å². The van der Waals surface area contributed by atoms with Crippen LogP contribution < -0.4 is 19.5 Å². The van der Waals surface area contributed by atoms with Gasteiger partial charge in [-0.2, -0.15) is 0 Å². The molecule has 0 aromatic heterocycles. The predicted octanol–water partition coefficient (Wildman–Crippen LogP) is 5.58. The Labute approximate surface area is 250 Å². The van der Waals surface area contributed by atoms with Crippen molar-refractivity contribution >= 4 is 68.8 Å². The fourth-order valence-corrected chi connectivity index (χ4v) is 5.51. The van der Waals surface area contributed by atoms with Gasteiger partial charge in [0.05, 0.1) is 41.5 Å². The number of benzene rings is 3. The molecule has 1 fully saturated rings. The van der Waals surface area contributed by atoms with E-state index in [0.29, 0.717) is 46.1 Å². The number of carbonyl (C=O) groups is 2. The zero-order valence-electron chi connectivity index (χ0n) is 22.2. The van der Waals surface area contributed by atoms with Gasteiger partial charge in [-0.3, -0.25) is 14.5 Å². The number of hydrogen-bond acceptors (Lipinski definition) is 8. The van der Waals surface area contributed by atoms with Gasteiger partial charge in [-0.1, -0.05) is 18.2 Å². The molecule has 1 N–H and O–H groups in total. The first kappa shape index (κ1) is 29.4. The summed E-state index contributed by atoms with van der Waals surface area (Å²) in [4.78, 5) is 32.5. The second-order valence-corrected chi connectivity index (χ2v) is 10.6. The fourth-order valence-electron chi connectivity index (χ4n) is 3.71. The number of amidine groups is 1. The van der Waals surface area contributed by atoms with E-state index in [0.717, 1.165) is 14.9 Å². The van der Waals surface area contributed by atoms with E-state index in [1.54, 1.807) is 43.4 Å². The van der Waals surface area contributed by atoms with E-state index in [2.05, 4.69) is 27.9 Å². The Morgan fingerprint density at radius 1 is 1.05 bits per heavy atom. The van der Waals surface area contributed by atoms with Crippen molar-refractivity contribution in [1.29, 1.82) is 0 Å². The summed E-state index contributed by atoms with van der Waals surface area (Å²) in [6.07, 6.45) is 1.79. The molecule has 0 spiro atoms. The highest BCUT2D eigenvalue weighted by atomic mass is 127. The average molecular weight is 674 g/mol. The summed E-state index contributed by atoms with van der Waals surface area (Å²) in [6.45, 7) is 0.555. The van der Waals surface area contributed by atoms with Gasteiger partial charge in [0, 0.05) is 12.8 Å². The standard InChI is InChI=1S/C29H28IN3O6S/c1-36-14-13-33-28(35)25(40-29(33)32-21-9-11-22(37-2)12-10-21)17-19-15-23(30)27(24(16-19)38-3)39-18-26(34)31-20-7-5-4-6-8-20/h4-12,15-17H,13-14,18H2,1-3H3,(H,31,34)/b25-17-,32-29?. The van der Waals surface area contributed by atoms with Crippen LogP contribution in [0.25, 0.3) is 6.08 Å². The van der Waals surface area contributed by atoms with Crippen LogP contribution in [0.1, 0.15) is 5.56 Å². The molecule has 40 heavy (non-hydrogen) atoms. The molecule has 0 atom stereocenters. The molecule has 1 saturated heterocycles. The Balaban J connectivity index is 1.54. The van der Waals surface area contributed by atoms with Crippen molar-refractivity contribution in [2.45, 2.75) is 0 Å². The number of aliphatic imine (C=N–C) groups is 1. The number of carbonyl (C=O) groups excluding carboxylic acids is 2. The number of nitrogens with zero attached hydrogens (tertiary/aromatic N) is 2. The number of halogens is 1. The molecule has 3 aromatic rings. The van der Waals surface area contributed by atoms with E-state index < -0.39 is 0 Å². The van der Waals surface area contributed by atoms with Crippen molar-refractivity contribution in [3.05, 3.63) is 80.8 Å². The number of methoxy groups -OCH3 is 3. The molecule has 0 bridgehead atoms. The summed E-state index contributed by atoms with van der Waals surface area (Å²) in [7, 11) is 4.72. The molecule has 3 aromatic carbocycles. The second kappa shape index (κ2) is 14.2. The molecular weight excluding hydrogens is 645 g/mol. The van der Waals surface area contributed by atoms with Crippen molar-refractivity contribution in [1.82, 2.24) is 4.90 Å². The lowest BCUT2D eigenvalue weighted by atomic mass is 10.2. The maximum Gasteiger partial charge on any atom is 0.266 e. The largest absolute Gasteiger partial charge is 0.497 e. The van der Waals surface area contributed by atoms with Crippen LogP contribution in [0.4, 0.5) is 11.4 Å². The minimum absolute atomic E-state index is 0.166. The van der Waals surface area contributed by atoms with Crippen LogP contribution in [0.15, 0.2) is 76.6 Å². The minimum atomic E-state index is -0.289. The van der Waals surface area contributed by atoms with Gasteiger partial charge in [-0.05, 0) is 94.5 Å². The zero-order chi connectivity index (χ0) is 28.5. The highest BCUT2D eigenvalue weighted by molar-refractivity contribution is 14.1. The highest BCUT2D eigenvalue weighted by Crippen LogP contribution is 2.38. The van der Waals surface area contributed by atoms with Gasteiger partial charge < -0.3 is 24.3 Å². The smallest absolute Gasteiger partial charge is 0.266 e. The van der Waals surface area contributed by atoms with Crippen molar-refractivity contribution in [2.75, 3.05) is 46.4 Å². The van der Waals surface area contributed by atoms with Crippen molar-refractivity contribution < 1.29 is 28.5 Å². The van der Waals surface area contributed by atoms with E-state index in [1.807, 2.05) is 48.5 Å². The summed E-state index contributed by atoms with van der Waals surface area (Å²) in [5.74, 6) is 1.17. The maximum atomic E-state index is 13.3. The van der Waals surface area contributed by atoms with Crippen LogP contribution in [-0.2, 0) is 14.3 Å². The van der Waals surface area contributed by atoms with Crippen LogP contribution in [-0.4, -0.2) is 63.0 Å². The Morgan fingerprint density at radius 2 is 1.80 bits per heavy atom. The zero-order valence-corrected chi connectivity index (χ0v) is 25.2. The van der Waals surface area contributed by atoms with Gasteiger partial charge in [0.1, 0.15) is 5.75 Å². The Kier molecular flexibility index (Phi) is 10.4. The summed E-state index contributed by atoms with van der Waals surface area (Å²) in [5, 5.41) is 3.35. The quantitative estimate of drug-likeness (QED) is 0.210. The first-order valence-corrected chi connectivity index (χ1v) is 14.1. The average Bonchev–Trinajstić information content (AvgIpc) is 3.24. The molecule has 0 unspecified atom stereocenters. The summed E-state index contributed by atoms with van der Waals surface area (Å²) < 4.78 is 22.5. The Bertz CT molecular complexity index is 1410. The topological polar surface area (TPSA) is 98.7 Å². The molecule has 2 amide bonds. The number of anilines is 1. The van der Waals surface area contributed by atoms with Gasteiger partial charge in [0.2, 0.25) is 0 Å². The molecule has 4 rings (SSSR count). The van der Waals surface area contributed by atoms with Crippen molar-refractivity contribution in [2.24, 2.45) is 4.99 Å². The van der Waals surface area contributed by atoms with Crippen molar-refractivity contribution in [3.63, 3.8) is 0 Å². The molecule has 0 saturated carbocycles. The molecule has 1 heterocycles. The lowest BCUT2D eigenvalue weighted by Crippen LogP contribution is -2.32. The van der Waals surface area contributed by atoms with Gasteiger partial charge >= 0.3 is 0 Å². The van der Waals surface area contributed by atoms with Gasteiger partial charge in [-0.15, -0.1) is 0 Å². The number of hydrogen-bond donors (Lipinski definition) is 1. The number of ether oxygens (including phenoxy) is 4. The van der Waals surface area contributed by atoms with E-state index in [4.69, 9.17) is 23.9 Å². The van der Waals surface area contributed by atoms with Gasteiger partial charge in [0.15, 0.2) is 23.3 Å². The SMILES string of the molecule is COCCN1C(=O)/C(=C/c2cc(I)c(OCC(=O)Nc3ccccc3)c(OC)c2)SC1=Nc1ccc(OC)cc1. The lowest BCUT2D eigenvalue weighted by molar-refractivity contribution is -0.122. The molecular formula is C29H28IN3O6S. The van der Waals surface area contributed by atoms with E-state index >= 15 is 0 Å². The molecule has 1 aliphatic heterocycles. The summed E-state index contributed by atoms with van der Waals surface area (Å²) >= 11 is 3.41. The third-order valence-corrected chi connectivity index (χ3v) is 7.47. The van der Waals surface area contributed by atoms with Crippen molar-refractivity contribution in [3.8, 4) is 17.2 Å². The first-order chi connectivity index (χ1) is 19.4. The summed E-state index contributed by atoms with van der Waals surface area (Å²) in [5.41, 5.74) is 2.14. The third-order valence-electron chi connectivity index (χ3n) is 5.66. The second-order valence-electron chi connectivity index (χ2n) is 8.39. The number of thioether (sulfide) groups is 1. The molecule has 1 aliphatic rings. The lowest BCUT2D eigenvalue weighted by Gasteiger charge is -2.15. The van der Waals surface area contributed by atoms with Crippen LogP contribution in [0.2, 0.25) is 0 Å². The van der Waals surface area contributed by atoms with Crippen LogP contribution in [0.3, 0.4) is 0 Å². The molecule has 11 heteroatoms. The minimum Gasteiger partial charge on any atom is -0.497 e. The maximum absolute atomic E-state index is 13.3. The first-order valence-electron chi connectivity index (χ1n) is 12.2. The monoisotopic (exact) mass is 673 g/mol. The predicted molar refractivity (Wildman–Crippen MR) is 166 cm³/mol. The molecule has 0 radical (unpaired) electrons. The van der Waals surface area contributed by atoms with Crippen LogP contribution in [0, 0.1) is 3.57 Å². The normalized spacial score (nSPS) is 15.0. The fraction of sp³-hybridized carbons (Fsp3) is 0.207. The number of para-hydroxylation sites is 1. The number of amides is 2. The van der Waals surface area contributed by atoms with Crippen LogP contribution in [0.5, 0.6) is 17.2 Å². The third kappa shape index (κ3) is 7.55. The number of nitrogens with one attached hydrogen (secondary N) is 1.